The van der Waals surface area contributed by atoms with Gasteiger partial charge in [0.1, 0.15) is 5.82 Å². The quantitative estimate of drug-likeness (QED) is 0.835. The second-order valence-electron chi connectivity index (χ2n) is 3.80. The van der Waals surface area contributed by atoms with Crippen LogP contribution in [0.25, 0.3) is 0 Å². The van der Waals surface area contributed by atoms with Crippen LogP contribution in [0.15, 0.2) is 12.3 Å². The highest BCUT2D eigenvalue weighted by Gasteiger charge is 2.09. The van der Waals surface area contributed by atoms with Crippen molar-refractivity contribution in [3.05, 3.63) is 22.8 Å². The molecule has 0 fully saturated rings. The number of hydrogen-bond donors (Lipinski definition) is 2. The largest absolute Gasteiger partial charge is 0.478 e. The molecule has 0 aliphatic heterocycles. The smallest absolute Gasteiger partial charge is 0.337 e. The lowest BCUT2D eigenvalue weighted by molar-refractivity contribution is 0.0696. The first-order chi connectivity index (χ1) is 8.04. The van der Waals surface area contributed by atoms with E-state index in [9.17, 15) is 4.79 Å². The fraction of sp³-hybridized carbons (Fsp3) is 0.455. The summed E-state index contributed by atoms with van der Waals surface area (Å²) in [7, 11) is 0. The Hall–Kier alpha value is -0.940. The van der Waals surface area contributed by atoms with Gasteiger partial charge in [0.25, 0.3) is 0 Å². The molecule has 94 valence electrons. The summed E-state index contributed by atoms with van der Waals surface area (Å²) in [4.78, 5) is 14.7. The minimum absolute atomic E-state index is 0.0951. The third-order valence-electron chi connectivity index (χ3n) is 2.16. The first kappa shape index (κ1) is 14.1. The van der Waals surface area contributed by atoms with E-state index in [4.69, 9.17) is 16.7 Å². The van der Waals surface area contributed by atoms with E-state index < -0.39 is 5.97 Å². The molecule has 0 aliphatic rings. The van der Waals surface area contributed by atoms with Gasteiger partial charge in [0.15, 0.2) is 0 Å². The van der Waals surface area contributed by atoms with E-state index in [1.807, 2.05) is 0 Å². The van der Waals surface area contributed by atoms with Gasteiger partial charge < -0.3 is 10.4 Å². The van der Waals surface area contributed by atoms with Gasteiger partial charge in [-0.2, -0.15) is 11.8 Å². The Balaban J connectivity index is 2.63. The Morgan fingerprint density at radius 3 is 2.94 bits per heavy atom. The van der Waals surface area contributed by atoms with Crippen LogP contribution in [0.1, 0.15) is 17.3 Å². The van der Waals surface area contributed by atoms with Crippen molar-refractivity contribution in [1.82, 2.24) is 4.98 Å². The summed E-state index contributed by atoms with van der Waals surface area (Å²) in [5, 5.41) is 12.2. The van der Waals surface area contributed by atoms with Crippen LogP contribution in [0.4, 0.5) is 5.82 Å². The van der Waals surface area contributed by atoms with E-state index >= 15 is 0 Å². The third-order valence-corrected chi connectivity index (χ3v) is 3.35. The molecule has 1 unspecified atom stereocenters. The summed E-state index contributed by atoms with van der Waals surface area (Å²) < 4.78 is 0. The molecule has 0 saturated carbocycles. The molecule has 6 heteroatoms. The third kappa shape index (κ3) is 4.44. The zero-order chi connectivity index (χ0) is 12.8. The van der Waals surface area contributed by atoms with E-state index in [1.165, 1.54) is 12.3 Å². The van der Waals surface area contributed by atoms with Crippen molar-refractivity contribution in [2.24, 2.45) is 5.92 Å². The monoisotopic (exact) mass is 274 g/mol. The van der Waals surface area contributed by atoms with Crippen LogP contribution in [-0.4, -0.2) is 34.6 Å². The lowest BCUT2D eigenvalue weighted by Gasteiger charge is -2.12. The lowest BCUT2D eigenvalue weighted by Crippen LogP contribution is -2.14. The highest BCUT2D eigenvalue weighted by atomic mass is 35.5. The molecule has 0 radical (unpaired) electrons. The minimum atomic E-state index is -1.03. The molecular weight excluding hydrogens is 260 g/mol. The van der Waals surface area contributed by atoms with E-state index in [2.05, 4.69) is 23.5 Å². The zero-order valence-corrected chi connectivity index (χ0v) is 11.3. The van der Waals surface area contributed by atoms with Crippen molar-refractivity contribution in [2.45, 2.75) is 6.92 Å². The second kappa shape index (κ2) is 6.71. The first-order valence-electron chi connectivity index (χ1n) is 5.16. The number of halogens is 1. The molecule has 0 spiro atoms. The minimum Gasteiger partial charge on any atom is -0.478 e. The number of aromatic nitrogens is 1. The number of carboxylic acids is 1. The predicted molar refractivity (Wildman–Crippen MR) is 72.2 cm³/mol. The molecule has 0 saturated heterocycles. The van der Waals surface area contributed by atoms with Gasteiger partial charge >= 0.3 is 5.97 Å². The van der Waals surface area contributed by atoms with Gasteiger partial charge in [-0.3, -0.25) is 0 Å². The standard InChI is InChI=1S/C11H15ClN2O2S/c1-7(6-17-2)4-13-10-9(12)3-8(5-14-10)11(15)16/h3,5,7H,4,6H2,1-2H3,(H,13,14)(H,15,16). The fourth-order valence-electron chi connectivity index (χ4n) is 1.30. The summed E-state index contributed by atoms with van der Waals surface area (Å²) in [6, 6.07) is 1.40. The van der Waals surface area contributed by atoms with E-state index in [0.717, 1.165) is 12.3 Å². The van der Waals surface area contributed by atoms with Crippen molar-refractivity contribution in [2.75, 3.05) is 23.9 Å². The van der Waals surface area contributed by atoms with Crippen LogP contribution in [0.3, 0.4) is 0 Å². The molecular formula is C11H15ClN2O2S. The number of rotatable bonds is 6. The molecule has 1 aromatic heterocycles. The van der Waals surface area contributed by atoms with Crippen molar-refractivity contribution in [3.63, 3.8) is 0 Å². The molecule has 1 rings (SSSR count). The maximum absolute atomic E-state index is 10.7. The number of hydrogen-bond acceptors (Lipinski definition) is 4. The Bertz CT molecular complexity index is 401. The normalized spacial score (nSPS) is 12.2. The van der Waals surface area contributed by atoms with Crippen LogP contribution >= 0.6 is 23.4 Å². The number of aromatic carboxylic acids is 1. The zero-order valence-electron chi connectivity index (χ0n) is 9.74. The Morgan fingerprint density at radius 1 is 1.71 bits per heavy atom. The van der Waals surface area contributed by atoms with Gasteiger partial charge in [0, 0.05) is 12.7 Å². The lowest BCUT2D eigenvalue weighted by atomic mass is 10.2. The SMILES string of the molecule is CSCC(C)CNc1ncc(C(=O)O)cc1Cl. The van der Waals surface area contributed by atoms with Crippen LogP contribution in [0.2, 0.25) is 5.02 Å². The molecule has 1 aromatic rings. The van der Waals surface area contributed by atoms with Crippen LogP contribution in [0, 0.1) is 5.92 Å². The van der Waals surface area contributed by atoms with Crippen LogP contribution < -0.4 is 5.32 Å². The Morgan fingerprint density at radius 2 is 2.41 bits per heavy atom. The number of carboxylic acid groups (broad SMARTS) is 1. The van der Waals surface area contributed by atoms with E-state index in [-0.39, 0.29) is 5.56 Å². The molecule has 1 atom stereocenters. The molecule has 0 bridgehead atoms. The number of anilines is 1. The average molecular weight is 275 g/mol. The molecule has 2 N–H and O–H groups in total. The second-order valence-corrected chi connectivity index (χ2v) is 5.12. The molecule has 1 heterocycles. The molecule has 0 aliphatic carbocycles. The summed E-state index contributed by atoms with van der Waals surface area (Å²) in [5.74, 6) is 1.06. The van der Waals surface area contributed by atoms with Crippen LogP contribution in [0.5, 0.6) is 0 Å². The van der Waals surface area contributed by atoms with E-state index in [1.54, 1.807) is 11.8 Å². The average Bonchev–Trinajstić information content (AvgIpc) is 2.27. The predicted octanol–water partition coefficient (Wildman–Crippen LogP) is 2.84. The molecule has 0 aromatic carbocycles. The molecule has 0 amide bonds. The Kier molecular flexibility index (Phi) is 5.58. The topological polar surface area (TPSA) is 62.2 Å². The van der Waals surface area contributed by atoms with E-state index in [0.29, 0.717) is 16.8 Å². The summed E-state index contributed by atoms with van der Waals surface area (Å²) in [6.45, 7) is 2.89. The summed E-state index contributed by atoms with van der Waals surface area (Å²) >= 11 is 7.72. The summed E-state index contributed by atoms with van der Waals surface area (Å²) in [5.41, 5.74) is 0.0951. The number of nitrogens with one attached hydrogen (secondary N) is 1. The molecule has 17 heavy (non-hydrogen) atoms. The van der Waals surface area contributed by atoms with Crippen molar-refractivity contribution >= 4 is 35.1 Å². The van der Waals surface area contributed by atoms with Crippen molar-refractivity contribution in [1.29, 1.82) is 0 Å². The molecule has 4 nitrogen and oxygen atoms in total. The number of pyridine rings is 1. The van der Waals surface area contributed by atoms with Crippen LogP contribution in [-0.2, 0) is 0 Å². The van der Waals surface area contributed by atoms with Crippen molar-refractivity contribution < 1.29 is 9.90 Å². The number of nitrogens with zero attached hydrogens (tertiary/aromatic N) is 1. The number of carbonyl (C=O) groups is 1. The van der Waals surface area contributed by atoms with Crippen molar-refractivity contribution in [3.8, 4) is 0 Å². The van der Waals surface area contributed by atoms with Gasteiger partial charge in [0.05, 0.1) is 10.6 Å². The first-order valence-corrected chi connectivity index (χ1v) is 6.93. The fourth-order valence-corrected chi connectivity index (χ4v) is 2.22. The highest BCUT2D eigenvalue weighted by Crippen LogP contribution is 2.20. The van der Waals surface area contributed by atoms with Gasteiger partial charge in [-0.15, -0.1) is 0 Å². The Labute approximate surface area is 110 Å². The van der Waals surface area contributed by atoms with Gasteiger partial charge in [-0.25, -0.2) is 9.78 Å². The highest BCUT2D eigenvalue weighted by molar-refractivity contribution is 7.98. The summed E-state index contributed by atoms with van der Waals surface area (Å²) in [6.07, 6.45) is 3.36. The maximum atomic E-state index is 10.7. The van der Waals surface area contributed by atoms with Gasteiger partial charge in [0.2, 0.25) is 0 Å². The van der Waals surface area contributed by atoms with Gasteiger partial charge in [-0.05, 0) is 24.0 Å². The maximum Gasteiger partial charge on any atom is 0.337 e. The number of thioether (sulfide) groups is 1. The van der Waals surface area contributed by atoms with Gasteiger partial charge in [-0.1, -0.05) is 18.5 Å².